The zero-order valence-corrected chi connectivity index (χ0v) is 13.8. The molecule has 3 heteroatoms. The molecule has 1 aliphatic carbocycles. The predicted octanol–water partition coefficient (Wildman–Crippen LogP) is 4.27. The van der Waals surface area contributed by atoms with E-state index in [0.717, 1.165) is 17.9 Å². The van der Waals surface area contributed by atoms with Crippen molar-refractivity contribution in [2.75, 3.05) is 20.1 Å². The molecule has 21 heavy (non-hydrogen) atoms. The number of rotatable bonds is 2. The summed E-state index contributed by atoms with van der Waals surface area (Å²) in [6.07, 6.45) is 8.41. The number of halogens is 1. The van der Waals surface area contributed by atoms with E-state index < -0.39 is 0 Å². The molecule has 116 valence electrons. The van der Waals surface area contributed by atoms with Crippen molar-refractivity contribution >= 4 is 11.6 Å². The van der Waals surface area contributed by atoms with Gasteiger partial charge in [-0.1, -0.05) is 43.0 Å². The van der Waals surface area contributed by atoms with Gasteiger partial charge in [0.2, 0.25) is 0 Å². The molecule has 0 atom stereocenters. The minimum absolute atomic E-state index is 0.146. The lowest BCUT2D eigenvalue weighted by Crippen LogP contribution is -2.38. The fourth-order valence-corrected chi connectivity index (χ4v) is 4.29. The number of likely N-dealkylation sites (tertiary alicyclic amines) is 1. The summed E-state index contributed by atoms with van der Waals surface area (Å²) >= 11 is 6.61. The van der Waals surface area contributed by atoms with Crippen LogP contribution in [0.15, 0.2) is 18.2 Å². The van der Waals surface area contributed by atoms with E-state index in [0.29, 0.717) is 5.92 Å². The SMILES string of the molecule is CN1CCC(c2ccc(C3(N)CCCCC3)cc2Cl)CC1. The highest BCUT2D eigenvalue weighted by Gasteiger charge is 2.30. The van der Waals surface area contributed by atoms with E-state index in [9.17, 15) is 0 Å². The van der Waals surface area contributed by atoms with Crippen molar-refractivity contribution in [3.8, 4) is 0 Å². The van der Waals surface area contributed by atoms with Crippen LogP contribution in [0.2, 0.25) is 5.02 Å². The van der Waals surface area contributed by atoms with Crippen molar-refractivity contribution < 1.29 is 0 Å². The monoisotopic (exact) mass is 306 g/mol. The van der Waals surface area contributed by atoms with Gasteiger partial charge in [0.1, 0.15) is 0 Å². The number of nitrogens with zero attached hydrogens (tertiary/aromatic N) is 1. The van der Waals surface area contributed by atoms with Crippen molar-refractivity contribution in [2.45, 2.75) is 56.4 Å². The Balaban J connectivity index is 1.79. The first-order valence-electron chi connectivity index (χ1n) is 8.36. The Labute approximate surface area is 133 Å². The lowest BCUT2D eigenvalue weighted by molar-refractivity contribution is 0.255. The first kappa shape index (κ1) is 15.3. The Morgan fingerprint density at radius 1 is 1.14 bits per heavy atom. The van der Waals surface area contributed by atoms with Crippen LogP contribution in [0.5, 0.6) is 0 Å². The molecule has 1 aromatic carbocycles. The standard InChI is InChI=1S/C18H27ClN2/c1-21-11-7-14(8-12-21)16-6-5-15(13-17(16)19)18(20)9-3-2-4-10-18/h5-6,13-14H,2-4,7-12,20H2,1H3. The molecule has 2 nitrogen and oxygen atoms in total. The average Bonchev–Trinajstić information content (AvgIpc) is 2.49. The highest BCUT2D eigenvalue weighted by Crippen LogP contribution is 2.39. The number of benzene rings is 1. The number of hydrogen-bond donors (Lipinski definition) is 1. The minimum atomic E-state index is -0.146. The molecule has 1 saturated heterocycles. The second kappa shape index (κ2) is 6.28. The quantitative estimate of drug-likeness (QED) is 0.884. The van der Waals surface area contributed by atoms with Gasteiger partial charge in [-0.2, -0.15) is 0 Å². The first-order chi connectivity index (χ1) is 10.1. The molecule has 0 radical (unpaired) electrons. The van der Waals surface area contributed by atoms with E-state index in [2.05, 4.69) is 30.1 Å². The van der Waals surface area contributed by atoms with E-state index in [1.54, 1.807) is 0 Å². The van der Waals surface area contributed by atoms with Crippen LogP contribution in [0.1, 0.15) is 62.0 Å². The summed E-state index contributed by atoms with van der Waals surface area (Å²) in [5.41, 5.74) is 9.05. The van der Waals surface area contributed by atoms with Crippen LogP contribution in [0.25, 0.3) is 0 Å². The lowest BCUT2D eigenvalue weighted by Gasteiger charge is -2.35. The third kappa shape index (κ3) is 3.28. The molecule has 0 spiro atoms. The Kier molecular flexibility index (Phi) is 4.58. The second-order valence-electron chi connectivity index (χ2n) is 7.03. The Morgan fingerprint density at radius 3 is 2.43 bits per heavy atom. The van der Waals surface area contributed by atoms with Gasteiger partial charge >= 0.3 is 0 Å². The molecule has 2 N–H and O–H groups in total. The summed E-state index contributed by atoms with van der Waals surface area (Å²) in [4.78, 5) is 2.40. The van der Waals surface area contributed by atoms with E-state index in [1.165, 1.54) is 56.3 Å². The smallest absolute Gasteiger partial charge is 0.0444 e. The van der Waals surface area contributed by atoms with Crippen LogP contribution in [0, 0.1) is 0 Å². The van der Waals surface area contributed by atoms with Gasteiger partial charge in [-0.3, -0.25) is 0 Å². The third-order valence-corrected chi connectivity index (χ3v) is 5.81. The highest BCUT2D eigenvalue weighted by atomic mass is 35.5. The van der Waals surface area contributed by atoms with Gasteiger partial charge in [-0.25, -0.2) is 0 Å². The van der Waals surface area contributed by atoms with Gasteiger partial charge in [-0.05, 0) is 68.9 Å². The van der Waals surface area contributed by atoms with Crippen LogP contribution in [0.3, 0.4) is 0 Å². The summed E-state index contributed by atoms with van der Waals surface area (Å²) in [5.74, 6) is 0.614. The van der Waals surface area contributed by atoms with E-state index >= 15 is 0 Å². The number of nitrogens with two attached hydrogens (primary N) is 1. The minimum Gasteiger partial charge on any atom is -0.321 e. The molecule has 0 unspecified atom stereocenters. The second-order valence-corrected chi connectivity index (χ2v) is 7.44. The Morgan fingerprint density at radius 2 is 1.81 bits per heavy atom. The van der Waals surface area contributed by atoms with Crippen LogP contribution in [0.4, 0.5) is 0 Å². The molecular weight excluding hydrogens is 280 g/mol. The first-order valence-corrected chi connectivity index (χ1v) is 8.74. The topological polar surface area (TPSA) is 29.3 Å². The summed E-state index contributed by atoms with van der Waals surface area (Å²) in [7, 11) is 2.20. The molecular formula is C18H27ClN2. The number of hydrogen-bond acceptors (Lipinski definition) is 2. The molecule has 1 aromatic rings. The molecule has 3 rings (SSSR count). The maximum atomic E-state index is 6.63. The molecule has 1 heterocycles. The van der Waals surface area contributed by atoms with Crippen molar-refractivity contribution in [3.05, 3.63) is 34.3 Å². The molecule has 2 fully saturated rings. The van der Waals surface area contributed by atoms with Gasteiger partial charge in [0.05, 0.1) is 0 Å². The summed E-state index contributed by atoms with van der Waals surface area (Å²) < 4.78 is 0. The summed E-state index contributed by atoms with van der Waals surface area (Å²) in [6.45, 7) is 2.34. The van der Waals surface area contributed by atoms with E-state index in [1.807, 2.05) is 0 Å². The van der Waals surface area contributed by atoms with Crippen LogP contribution in [-0.2, 0) is 5.54 Å². The van der Waals surface area contributed by atoms with Crippen LogP contribution in [-0.4, -0.2) is 25.0 Å². The fraction of sp³-hybridized carbons (Fsp3) is 0.667. The van der Waals surface area contributed by atoms with Gasteiger partial charge in [0.25, 0.3) is 0 Å². The number of piperidine rings is 1. The van der Waals surface area contributed by atoms with Crippen molar-refractivity contribution in [3.63, 3.8) is 0 Å². The zero-order chi connectivity index (χ0) is 14.9. The summed E-state index contributed by atoms with van der Waals surface area (Å²) in [6, 6.07) is 6.64. The zero-order valence-electron chi connectivity index (χ0n) is 13.1. The van der Waals surface area contributed by atoms with Crippen LogP contribution < -0.4 is 5.73 Å². The summed E-state index contributed by atoms with van der Waals surface area (Å²) in [5, 5.41) is 0.928. The maximum Gasteiger partial charge on any atom is 0.0444 e. The Hall–Kier alpha value is -0.570. The lowest BCUT2D eigenvalue weighted by atomic mass is 9.77. The van der Waals surface area contributed by atoms with E-state index in [-0.39, 0.29) is 5.54 Å². The highest BCUT2D eigenvalue weighted by molar-refractivity contribution is 6.31. The molecule has 1 saturated carbocycles. The largest absolute Gasteiger partial charge is 0.321 e. The third-order valence-electron chi connectivity index (χ3n) is 5.48. The molecule has 2 aliphatic rings. The fourth-order valence-electron chi connectivity index (χ4n) is 3.96. The van der Waals surface area contributed by atoms with Crippen molar-refractivity contribution in [1.29, 1.82) is 0 Å². The molecule has 0 aromatic heterocycles. The van der Waals surface area contributed by atoms with Crippen molar-refractivity contribution in [1.82, 2.24) is 4.90 Å². The normalized spacial score (nSPS) is 24.1. The van der Waals surface area contributed by atoms with E-state index in [4.69, 9.17) is 17.3 Å². The van der Waals surface area contributed by atoms with Gasteiger partial charge in [-0.15, -0.1) is 0 Å². The van der Waals surface area contributed by atoms with Gasteiger partial charge in [0, 0.05) is 10.6 Å². The maximum absolute atomic E-state index is 6.63. The average molecular weight is 307 g/mol. The van der Waals surface area contributed by atoms with Crippen LogP contribution >= 0.6 is 11.6 Å². The van der Waals surface area contributed by atoms with Crippen molar-refractivity contribution in [2.24, 2.45) is 5.73 Å². The Bertz CT molecular complexity index is 486. The molecule has 1 aliphatic heterocycles. The molecule has 0 bridgehead atoms. The van der Waals surface area contributed by atoms with Gasteiger partial charge in [0.15, 0.2) is 0 Å². The molecule has 0 amide bonds. The van der Waals surface area contributed by atoms with Gasteiger partial charge < -0.3 is 10.6 Å². The predicted molar refractivity (Wildman–Crippen MR) is 89.9 cm³/mol.